The van der Waals surface area contributed by atoms with Gasteiger partial charge in [-0.3, -0.25) is 74.4 Å². The molecule has 696 valence electrons. The van der Waals surface area contributed by atoms with Crippen LogP contribution in [0, 0.1) is 41.8 Å². The summed E-state index contributed by atoms with van der Waals surface area (Å²) < 4.78 is 295. The van der Waals surface area contributed by atoms with E-state index in [0.29, 0.717) is 13.7 Å². The molecule has 44 nitrogen and oxygen atoms in total. The lowest BCUT2D eigenvalue weighted by atomic mass is 10.1. The zero-order valence-corrected chi connectivity index (χ0v) is 70.3. The second-order valence-corrected chi connectivity index (χ2v) is 35.3. The van der Waals surface area contributed by atoms with Crippen LogP contribution >= 0.6 is 80.2 Å². The van der Waals surface area contributed by atoms with E-state index in [4.69, 9.17) is 121 Å². The number of nitrogens with one attached hydrogen (secondary N) is 4. The summed E-state index contributed by atoms with van der Waals surface area (Å²) in [5.41, 5.74) is -3.68. The number of fused-ring (bicyclic) bond motifs is 4. The summed E-state index contributed by atoms with van der Waals surface area (Å²) in [6.45, 7) is -14.7. The highest BCUT2D eigenvalue weighted by atomic mass is 32.1. The molecule has 4 unspecified atom stereocenters. The molecular formula is C68H68F8N8O36P4S4. The first-order chi connectivity index (χ1) is 62.4. The third kappa shape index (κ3) is 20.6. The molecule has 4 saturated heterocycles. The van der Waals surface area contributed by atoms with E-state index in [9.17, 15) is 116 Å². The van der Waals surface area contributed by atoms with Crippen LogP contribution in [0.1, 0.15) is 77.6 Å². The Balaban J connectivity index is 0.000000152. The fourth-order valence-electron chi connectivity index (χ4n) is 12.1. The van der Waals surface area contributed by atoms with Gasteiger partial charge in [0, 0.05) is 69.3 Å². The van der Waals surface area contributed by atoms with Gasteiger partial charge in [-0.2, -0.15) is 0 Å². The molecule has 8 aromatic rings. The fraction of sp³-hybridized carbons (Fsp3) is 0.412. The predicted octanol–water partition coefficient (Wildman–Crippen LogP) is 4.75. The van der Waals surface area contributed by atoms with Crippen LogP contribution in [0.5, 0.6) is 23.0 Å². The summed E-state index contributed by atoms with van der Waals surface area (Å²) in [5.74, 6) is -17.4. The topological polar surface area (TPSA) is 610 Å². The van der Waals surface area contributed by atoms with Crippen molar-refractivity contribution in [3.05, 3.63) is 226 Å². The molecule has 4 fully saturated rings. The average Bonchev–Trinajstić information content (AvgIpc) is 1.55. The van der Waals surface area contributed by atoms with E-state index in [-0.39, 0.29) is 104 Å². The number of benzene rings is 4. The molecule has 4 aromatic heterocycles. The molecule has 60 heteroatoms. The Labute approximate surface area is 736 Å². The molecule has 0 amide bonds. The quantitative estimate of drug-likeness (QED) is 0.0278. The van der Waals surface area contributed by atoms with Crippen LogP contribution in [0.4, 0.5) is 35.1 Å². The molecule has 20 atom stereocenters. The first kappa shape index (κ1) is 89.1. The summed E-state index contributed by atoms with van der Waals surface area (Å²) in [5, 5.41) is 120. The fourth-order valence-corrected chi connectivity index (χ4v) is 17.6. The summed E-state index contributed by atoms with van der Waals surface area (Å²) in [6, 6.07) is 12.7. The lowest BCUT2D eigenvalue weighted by Gasteiger charge is -2.28. The summed E-state index contributed by atoms with van der Waals surface area (Å²) in [6.07, 6.45) is -25.6. The number of halogens is 8. The van der Waals surface area contributed by atoms with E-state index in [1.807, 2.05) is 0 Å². The van der Waals surface area contributed by atoms with E-state index in [1.165, 1.54) is 12.1 Å². The Kier molecular flexibility index (Phi) is 26.6. The number of phosphoric ester groups is 4. The van der Waals surface area contributed by atoms with Gasteiger partial charge in [-0.05, 0) is 72.8 Å². The average molecular weight is 1980 g/mol. The van der Waals surface area contributed by atoms with Gasteiger partial charge in [-0.1, -0.05) is 48.9 Å². The molecule has 8 aliphatic heterocycles. The monoisotopic (exact) mass is 1980 g/mol. The Bertz CT molecular complexity index is 6660. The summed E-state index contributed by atoms with van der Waals surface area (Å²) >= 11 is 19.4. The first-order valence-electron chi connectivity index (χ1n) is 38.8. The van der Waals surface area contributed by atoms with E-state index in [2.05, 4.69) is 29.0 Å². The van der Waals surface area contributed by atoms with Crippen LogP contribution in [-0.2, 0) is 126 Å². The lowest BCUT2D eigenvalue weighted by Crippen LogP contribution is -2.43. The molecule has 0 aliphatic carbocycles. The number of aromatic nitrogens is 8. The molecule has 128 heavy (non-hydrogen) atoms. The van der Waals surface area contributed by atoms with Crippen molar-refractivity contribution in [3.63, 3.8) is 0 Å². The number of aliphatic hydroxyl groups excluding tert-OH is 12. The molecule has 0 saturated carbocycles. The highest BCUT2D eigenvalue weighted by Crippen LogP contribution is 2.60. The number of hydrogen-bond acceptors (Lipinski definition) is 40. The minimum Gasteiger partial charge on any atom is -0.404 e. The van der Waals surface area contributed by atoms with Crippen molar-refractivity contribution in [3.8, 4) is 23.0 Å². The SMILES string of the molecule is O=c1[nH]c(=S)c(CO)cn1[C@@H]1O[C@](F)(COP2(=O)OCc3cc(F)ccc3O2)[C@@H](O)[C@H]1O.[2H]C([2H])(OP1(=O)OCc2cc(F)ccc2O1)[C@@]1(F)O[C@@H](n2cc(CO)c(=S)[nH]c2=O)[C@H](O)[C@@H]1O.[2H]C([2H])(OP1(=O)OCc2cc(F)ccc2O1)[C@@]1(F)O[C@@]([2H])(n2cc(CO)c(=S)[nH]c2=O)[C@H](O)[C@@H]1O.[2H][C@@]1(n2cc(CO)c(=S)[nH]c2=O)O[C@](F)(COP2(=O)OCc3cc(F)ccc3O2)[C@@H](O)[C@H]1O. The molecular weight excluding hydrogens is 1910 g/mol. The molecule has 8 aliphatic rings. The van der Waals surface area contributed by atoms with Crippen LogP contribution in [0.15, 0.2) is 117 Å². The van der Waals surface area contributed by atoms with Crippen molar-refractivity contribution < 1.29 is 196 Å². The third-order valence-corrected chi connectivity index (χ3v) is 25.3. The van der Waals surface area contributed by atoms with Crippen molar-refractivity contribution in [1.29, 1.82) is 0 Å². The van der Waals surface area contributed by atoms with E-state index in [1.54, 1.807) is 0 Å². The van der Waals surface area contributed by atoms with Gasteiger partial charge in [-0.25, -0.2) is 72.6 Å². The van der Waals surface area contributed by atoms with E-state index >= 15 is 17.6 Å². The third-order valence-electron chi connectivity index (χ3n) is 18.8. The molecule has 16 rings (SSSR count). The maximum absolute atomic E-state index is 15.9. The largest absolute Gasteiger partial charge is 0.530 e. The lowest BCUT2D eigenvalue weighted by molar-refractivity contribution is -0.205. The minimum absolute atomic E-state index is 0.00215. The van der Waals surface area contributed by atoms with Gasteiger partial charge in [0.05, 0.1) is 61.1 Å². The van der Waals surface area contributed by atoms with Crippen molar-refractivity contribution >= 4 is 80.2 Å². The molecule has 4 aromatic carbocycles. The second kappa shape index (κ2) is 38.2. The zero-order chi connectivity index (χ0) is 98.5. The van der Waals surface area contributed by atoms with Gasteiger partial charge >= 0.3 is 54.0 Å². The van der Waals surface area contributed by atoms with Crippen LogP contribution in [-0.4, -0.2) is 198 Å². The Hall–Kier alpha value is -8.12. The van der Waals surface area contributed by atoms with Crippen molar-refractivity contribution in [1.82, 2.24) is 38.2 Å². The van der Waals surface area contributed by atoms with Gasteiger partial charge in [-0.15, -0.1) is 0 Å². The van der Waals surface area contributed by atoms with E-state index in [0.717, 1.165) is 85.5 Å². The minimum atomic E-state index is -4.96. The zero-order valence-electron chi connectivity index (χ0n) is 69.5. The maximum Gasteiger partial charge on any atom is 0.530 e. The Morgan fingerprint density at radius 1 is 0.391 bits per heavy atom. The predicted molar refractivity (Wildman–Crippen MR) is 413 cm³/mol. The van der Waals surface area contributed by atoms with Crippen LogP contribution in [0.25, 0.3) is 0 Å². The van der Waals surface area contributed by atoms with Gasteiger partial charge in [0.2, 0.25) is 0 Å². The number of aliphatic hydroxyl groups is 12. The Morgan fingerprint density at radius 3 is 0.945 bits per heavy atom. The molecule has 12 heterocycles. The van der Waals surface area contributed by atoms with E-state index < -0.39 is 240 Å². The van der Waals surface area contributed by atoms with Crippen LogP contribution in [0.3, 0.4) is 0 Å². The number of aromatic amines is 4. The number of rotatable bonds is 20. The molecule has 0 spiro atoms. The summed E-state index contributed by atoms with van der Waals surface area (Å²) in [7, 11) is -18.7. The molecule has 0 radical (unpaired) electrons. The number of phosphoric acid groups is 4. The Morgan fingerprint density at radius 2 is 0.633 bits per heavy atom. The van der Waals surface area contributed by atoms with Gasteiger partial charge in [0.25, 0.3) is 23.4 Å². The summed E-state index contributed by atoms with van der Waals surface area (Å²) in [4.78, 5) is 57.6. The number of nitrogens with zero attached hydrogens (tertiary/aromatic N) is 4. The van der Waals surface area contributed by atoms with Gasteiger partial charge in [0.1, 0.15) is 140 Å². The highest BCUT2D eigenvalue weighted by Gasteiger charge is 2.62. The highest BCUT2D eigenvalue weighted by molar-refractivity contribution is 7.72. The van der Waals surface area contributed by atoms with Crippen molar-refractivity contribution in [2.75, 3.05) is 26.3 Å². The number of H-pyrrole nitrogens is 4. The number of alkyl halides is 4. The van der Waals surface area contributed by atoms with Crippen molar-refractivity contribution in [2.24, 2.45) is 0 Å². The molecule has 0 bridgehead atoms. The number of hydrogen-bond donors (Lipinski definition) is 16. The standard InChI is InChI=1S/4C17H17F2N2O9PS/c4*18-10-1-2-11-8(3-10)6-27-31(26,30-11)28-7-17(19)13(24)12(23)15(29-17)21-4-9(5-22)14(32)20-16(21)25/h4*1-4,12-13,15,22-24H,5-7H2,(H,20,25,32)/t4*12-,13+,15-,17-,31?/m1111/s1/i7D2,15D;15D;7D2;. The van der Waals surface area contributed by atoms with Crippen LogP contribution in [0.2, 0.25) is 0 Å². The number of ether oxygens (including phenoxy) is 4. The smallest absolute Gasteiger partial charge is 0.404 e. The van der Waals surface area contributed by atoms with Crippen molar-refractivity contribution in [2.45, 2.75) is 150 Å². The van der Waals surface area contributed by atoms with Gasteiger partial charge < -0.3 is 98.3 Å². The normalized spacial score (nSPS) is 33.9. The first-order valence-corrected chi connectivity index (χ1v) is 43.3. The second-order valence-electron chi connectivity index (χ2n) is 27.4. The van der Waals surface area contributed by atoms with Gasteiger partial charge in [0.15, 0.2) is 24.9 Å². The molecule has 16 N–H and O–H groups in total. The maximum atomic E-state index is 15.9. The van der Waals surface area contributed by atoms with Crippen LogP contribution < -0.4 is 40.9 Å².